The Morgan fingerprint density at radius 2 is 1.80 bits per heavy atom. The van der Waals surface area contributed by atoms with E-state index in [1.807, 2.05) is 5.32 Å². The Morgan fingerprint density at radius 1 is 1.24 bits per heavy atom. The van der Waals surface area contributed by atoms with Crippen molar-refractivity contribution in [1.29, 1.82) is 0 Å². The fraction of sp³-hybridized carbons (Fsp3) is 0.467. The third-order valence-corrected chi connectivity index (χ3v) is 3.21. The van der Waals surface area contributed by atoms with E-state index in [-0.39, 0.29) is 30.9 Å². The van der Waals surface area contributed by atoms with Crippen LogP contribution in [0.15, 0.2) is 24.3 Å². The zero-order valence-electron chi connectivity index (χ0n) is 13.1. The van der Waals surface area contributed by atoms with E-state index in [4.69, 9.17) is 5.11 Å². The summed E-state index contributed by atoms with van der Waals surface area (Å²) < 4.78 is 56.1. The first-order valence-electron chi connectivity index (χ1n) is 7.12. The number of hydrogen-bond acceptors (Lipinski definition) is 5. The number of aliphatic hydroxyl groups excluding tert-OH is 1. The minimum absolute atomic E-state index is 0.126. The second-order valence-corrected chi connectivity index (χ2v) is 5.25. The molecule has 0 saturated heterocycles. The van der Waals surface area contributed by atoms with E-state index in [0.29, 0.717) is 6.92 Å². The number of hydrogen-bond donors (Lipinski definition) is 3. The lowest BCUT2D eigenvalue weighted by atomic mass is 10.1. The van der Waals surface area contributed by atoms with Crippen molar-refractivity contribution in [2.45, 2.75) is 31.3 Å². The second-order valence-electron chi connectivity index (χ2n) is 5.25. The molecule has 1 aromatic carbocycles. The van der Waals surface area contributed by atoms with E-state index < -0.39 is 29.8 Å². The van der Waals surface area contributed by atoms with Gasteiger partial charge in [0.2, 0.25) is 11.8 Å². The first kappa shape index (κ1) is 20.8. The molecule has 0 heterocycles. The molecule has 3 N–H and O–H groups in total. The number of rotatable bonds is 7. The minimum Gasteiger partial charge on any atom is -0.463 e. The summed E-state index contributed by atoms with van der Waals surface area (Å²) in [6, 6.07) is 4.31. The fourth-order valence-electron chi connectivity index (χ4n) is 1.56. The summed E-state index contributed by atoms with van der Waals surface area (Å²) in [7, 11) is 0. The van der Waals surface area contributed by atoms with Gasteiger partial charge in [-0.3, -0.25) is 4.79 Å². The van der Waals surface area contributed by atoms with Crippen LogP contribution in [0.25, 0.3) is 0 Å². The smallest absolute Gasteiger partial charge is 0.426 e. The number of esters is 1. The molecule has 6 nitrogen and oxygen atoms in total. The quantitative estimate of drug-likeness (QED) is 0.389. The molecule has 0 aliphatic rings. The molecule has 0 fully saturated rings. The molecule has 1 rings (SSSR count). The highest BCUT2D eigenvalue weighted by Crippen LogP contribution is 2.31. The lowest BCUT2D eigenvalue weighted by Gasteiger charge is -2.24. The van der Waals surface area contributed by atoms with Crippen LogP contribution in [0.5, 0.6) is 0 Å². The number of benzene rings is 1. The van der Waals surface area contributed by atoms with E-state index in [0.717, 1.165) is 24.3 Å². The standard InChI is InChI=1S/C15H17F4NO5/c1-14(24,15(17,18)19)13(23)20-10-5-3-9(4-6-10)11(16)12(22)25-8-2-7-21/h3-6,11,21,24H,2,7-8H2,1H3,(H,20,23). The molecule has 0 spiro atoms. The molecule has 0 saturated carbocycles. The Bertz CT molecular complexity index is 601. The van der Waals surface area contributed by atoms with Gasteiger partial charge in [-0.25, -0.2) is 9.18 Å². The first-order valence-corrected chi connectivity index (χ1v) is 7.12. The van der Waals surface area contributed by atoms with Crippen molar-refractivity contribution in [3.63, 3.8) is 0 Å². The maximum absolute atomic E-state index is 13.9. The Labute approximate surface area is 140 Å². The van der Waals surface area contributed by atoms with Crippen molar-refractivity contribution in [2.75, 3.05) is 18.5 Å². The lowest BCUT2D eigenvalue weighted by molar-refractivity contribution is -0.242. The molecule has 0 radical (unpaired) electrons. The van der Waals surface area contributed by atoms with Crippen molar-refractivity contribution in [1.82, 2.24) is 0 Å². The molecule has 1 aromatic rings. The van der Waals surface area contributed by atoms with Crippen LogP contribution in [-0.4, -0.2) is 47.1 Å². The Kier molecular flexibility index (Phi) is 6.88. The average molecular weight is 367 g/mol. The number of ether oxygens (including phenoxy) is 1. The summed E-state index contributed by atoms with van der Waals surface area (Å²) in [5.41, 5.74) is -3.85. The van der Waals surface area contributed by atoms with Gasteiger partial charge >= 0.3 is 12.1 Å². The predicted molar refractivity (Wildman–Crippen MR) is 78.3 cm³/mol. The summed E-state index contributed by atoms with van der Waals surface area (Å²) in [6.45, 7) is -0.0760. The van der Waals surface area contributed by atoms with E-state index >= 15 is 0 Å². The van der Waals surface area contributed by atoms with Crippen molar-refractivity contribution >= 4 is 17.6 Å². The van der Waals surface area contributed by atoms with Gasteiger partial charge in [-0.2, -0.15) is 13.2 Å². The predicted octanol–water partition coefficient (Wildman–Crippen LogP) is 1.87. The van der Waals surface area contributed by atoms with Crippen LogP contribution >= 0.6 is 0 Å². The third-order valence-electron chi connectivity index (χ3n) is 3.21. The van der Waals surface area contributed by atoms with Gasteiger partial charge in [0.1, 0.15) is 0 Å². The van der Waals surface area contributed by atoms with E-state index in [9.17, 15) is 32.3 Å². The number of nitrogens with one attached hydrogen (secondary N) is 1. The van der Waals surface area contributed by atoms with Gasteiger partial charge in [-0.1, -0.05) is 12.1 Å². The monoisotopic (exact) mass is 367 g/mol. The highest BCUT2D eigenvalue weighted by Gasteiger charge is 2.55. The molecular formula is C15H17F4NO5. The Morgan fingerprint density at radius 3 is 2.28 bits per heavy atom. The van der Waals surface area contributed by atoms with Gasteiger partial charge in [0, 0.05) is 18.7 Å². The normalized spacial score (nSPS) is 15.2. The summed E-state index contributed by atoms with van der Waals surface area (Å²) in [4.78, 5) is 22.9. The van der Waals surface area contributed by atoms with Gasteiger partial charge in [-0.15, -0.1) is 0 Å². The maximum Gasteiger partial charge on any atom is 0.426 e. The summed E-state index contributed by atoms with van der Waals surface area (Å²) in [5.74, 6) is -2.88. The van der Waals surface area contributed by atoms with Crippen LogP contribution in [0.3, 0.4) is 0 Å². The maximum atomic E-state index is 13.9. The first-order chi connectivity index (χ1) is 11.5. The number of halogens is 4. The van der Waals surface area contributed by atoms with Crippen molar-refractivity contribution in [3.8, 4) is 0 Å². The van der Waals surface area contributed by atoms with Crippen molar-refractivity contribution in [2.24, 2.45) is 0 Å². The minimum atomic E-state index is -5.17. The third kappa shape index (κ3) is 5.40. The van der Waals surface area contributed by atoms with Crippen LogP contribution in [0.4, 0.5) is 23.2 Å². The van der Waals surface area contributed by atoms with Gasteiger partial charge in [0.25, 0.3) is 5.91 Å². The molecule has 0 aromatic heterocycles. The van der Waals surface area contributed by atoms with Gasteiger partial charge in [-0.05, 0) is 24.6 Å². The number of alkyl halides is 4. The van der Waals surface area contributed by atoms with Crippen LogP contribution in [0.1, 0.15) is 25.1 Å². The number of anilines is 1. The molecule has 10 heteroatoms. The van der Waals surface area contributed by atoms with Crippen molar-refractivity contribution in [3.05, 3.63) is 29.8 Å². The number of carbonyl (C=O) groups excluding carboxylic acids is 2. The molecule has 2 unspecified atom stereocenters. The summed E-state index contributed by atoms with van der Waals surface area (Å²) in [6.07, 6.45) is -7.14. The SMILES string of the molecule is CC(O)(C(=O)Nc1ccc(C(F)C(=O)OCCCO)cc1)C(F)(F)F. The molecular weight excluding hydrogens is 350 g/mol. The van der Waals surface area contributed by atoms with Crippen LogP contribution in [0, 0.1) is 0 Å². The zero-order chi connectivity index (χ0) is 19.3. The largest absolute Gasteiger partial charge is 0.463 e. The Hall–Kier alpha value is -2.20. The van der Waals surface area contributed by atoms with E-state index in [1.165, 1.54) is 0 Å². The molecule has 0 bridgehead atoms. The molecule has 140 valence electrons. The molecule has 0 aliphatic carbocycles. The van der Waals surface area contributed by atoms with E-state index in [2.05, 4.69) is 4.74 Å². The molecule has 25 heavy (non-hydrogen) atoms. The fourth-order valence-corrected chi connectivity index (χ4v) is 1.56. The summed E-state index contributed by atoms with van der Waals surface area (Å²) in [5, 5.41) is 19.6. The van der Waals surface area contributed by atoms with Gasteiger partial charge < -0.3 is 20.3 Å². The summed E-state index contributed by atoms with van der Waals surface area (Å²) >= 11 is 0. The zero-order valence-corrected chi connectivity index (χ0v) is 13.1. The highest BCUT2D eigenvalue weighted by atomic mass is 19.4. The Balaban J connectivity index is 2.73. The van der Waals surface area contributed by atoms with E-state index in [1.54, 1.807) is 0 Å². The number of amides is 1. The molecule has 0 aliphatic heterocycles. The molecule has 1 amide bonds. The average Bonchev–Trinajstić information content (AvgIpc) is 2.53. The number of carbonyl (C=O) groups is 2. The van der Waals surface area contributed by atoms with Crippen LogP contribution < -0.4 is 5.32 Å². The van der Waals surface area contributed by atoms with Gasteiger partial charge in [0.15, 0.2) is 0 Å². The topological polar surface area (TPSA) is 95.9 Å². The number of aliphatic hydroxyl groups is 2. The van der Waals surface area contributed by atoms with Gasteiger partial charge in [0.05, 0.1) is 6.61 Å². The van der Waals surface area contributed by atoms with Crippen molar-refractivity contribution < 1.29 is 42.1 Å². The lowest BCUT2D eigenvalue weighted by Crippen LogP contribution is -2.52. The van der Waals surface area contributed by atoms with Crippen LogP contribution in [-0.2, 0) is 14.3 Å². The second kappa shape index (κ2) is 8.26. The van der Waals surface area contributed by atoms with Crippen LogP contribution in [0.2, 0.25) is 0 Å². The molecule has 2 atom stereocenters. The highest BCUT2D eigenvalue weighted by molar-refractivity contribution is 5.97.